The van der Waals surface area contributed by atoms with Crippen molar-refractivity contribution in [3.8, 4) is 5.75 Å². The molecule has 2 rings (SSSR count). The average molecular weight is 282 g/mol. The molecule has 1 heterocycles. The molecule has 1 aromatic carbocycles. The Balaban J connectivity index is 1.69. The molecule has 5 nitrogen and oxygen atoms in total. The van der Waals surface area contributed by atoms with Crippen LogP contribution in [-0.2, 0) is 0 Å². The van der Waals surface area contributed by atoms with E-state index in [0.717, 1.165) is 12.8 Å². The second kappa shape index (κ2) is 7.09. The fourth-order valence-corrected chi connectivity index (χ4v) is 2.28. The summed E-state index contributed by atoms with van der Waals surface area (Å²) in [5.74, 6) is 0.0862. The Morgan fingerprint density at radius 3 is 3.15 bits per heavy atom. The van der Waals surface area contributed by atoms with Gasteiger partial charge in [-0.25, -0.2) is 9.18 Å². The average Bonchev–Trinajstić information content (AvgIpc) is 2.92. The fraction of sp³-hybridized carbons (Fsp3) is 0.500. The molecular formula is C14H19FN2O3. The number of aliphatic hydroxyl groups excluding tert-OH is 1. The SMILES string of the molecule is O=C(NCCOc1cccc(F)c1)N1CCC[C@H]1CO. The maximum atomic E-state index is 12.9. The van der Waals surface area contributed by atoms with Crippen LogP contribution in [0.5, 0.6) is 5.75 Å². The summed E-state index contributed by atoms with van der Waals surface area (Å²) >= 11 is 0. The second-order valence-corrected chi connectivity index (χ2v) is 4.71. The predicted molar refractivity (Wildman–Crippen MR) is 72.1 cm³/mol. The molecule has 0 unspecified atom stereocenters. The molecule has 0 bridgehead atoms. The molecule has 0 spiro atoms. The van der Waals surface area contributed by atoms with Crippen molar-refractivity contribution >= 4 is 6.03 Å². The van der Waals surface area contributed by atoms with E-state index in [4.69, 9.17) is 9.84 Å². The van der Waals surface area contributed by atoms with Crippen molar-refractivity contribution < 1.29 is 19.0 Å². The molecule has 0 aliphatic carbocycles. The molecule has 0 aromatic heterocycles. The van der Waals surface area contributed by atoms with Crippen LogP contribution in [0, 0.1) is 5.82 Å². The van der Waals surface area contributed by atoms with Crippen LogP contribution in [0.2, 0.25) is 0 Å². The molecule has 1 aliphatic heterocycles. The van der Waals surface area contributed by atoms with Gasteiger partial charge in [0, 0.05) is 12.6 Å². The van der Waals surface area contributed by atoms with Gasteiger partial charge in [0.15, 0.2) is 0 Å². The molecule has 20 heavy (non-hydrogen) atoms. The molecule has 1 aliphatic rings. The van der Waals surface area contributed by atoms with E-state index >= 15 is 0 Å². The lowest BCUT2D eigenvalue weighted by Gasteiger charge is -2.23. The lowest BCUT2D eigenvalue weighted by Crippen LogP contribution is -2.45. The van der Waals surface area contributed by atoms with Crippen molar-refractivity contribution in [1.29, 1.82) is 0 Å². The lowest BCUT2D eigenvalue weighted by molar-refractivity contribution is 0.156. The second-order valence-electron chi connectivity index (χ2n) is 4.71. The standard InChI is InChI=1S/C14H19FN2O3/c15-11-3-1-5-13(9-11)20-8-6-16-14(19)17-7-2-4-12(17)10-18/h1,3,5,9,12,18H,2,4,6-8,10H2,(H,16,19)/t12-/m0/s1. The summed E-state index contributed by atoms with van der Waals surface area (Å²) in [7, 11) is 0. The molecule has 1 atom stereocenters. The normalized spacial score (nSPS) is 18.1. The summed E-state index contributed by atoms with van der Waals surface area (Å²) in [6.45, 7) is 1.27. The van der Waals surface area contributed by atoms with Crippen molar-refractivity contribution in [2.75, 3.05) is 26.3 Å². The summed E-state index contributed by atoms with van der Waals surface area (Å²) in [6, 6.07) is 5.59. The molecule has 110 valence electrons. The Morgan fingerprint density at radius 2 is 2.40 bits per heavy atom. The van der Waals surface area contributed by atoms with Gasteiger partial charge in [-0.2, -0.15) is 0 Å². The van der Waals surface area contributed by atoms with E-state index in [0.29, 0.717) is 18.8 Å². The van der Waals surface area contributed by atoms with Crippen molar-refractivity contribution in [1.82, 2.24) is 10.2 Å². The highest BCUT2D eigenvalue weighted by atomic mass is 19.1. The first-order valence-electron chi connectivity index (χ1n) is 6.74. The number of carbonyl (C=O) groups excluding carboxylic acids is 1. The van der Waals surface area contributed by atoms with E-state index in [-0.39, 0.29) is 31.1 Å². The third-order valence-corrected chi connectivity index (χ3v) is 3.29. The van der Waals surface area contributed by atoms with Gasteiger partial charge < -0.3 is 20.1 Å². The summed E-state index contributed by atoms with van der Waals surface area (Å²) in [5, 5.41) is 11.9. The molecule has 6 heteroatoms. The van der Waals surface area contributed by atoms with Crippen molar-refractivity contribution in [3.63, 3.8) is 0 Å². The topological polar surface area (TPSA) is 61.8 Å². The molecule has 1 aromatic rings. The minimum atomic E-state index is -0.352. The summed E-state index contributed by atoms with van der Waals surface area (Å²) < 4.78 is 18.2. The zero-order valence-electron chi connectivity index (χ0n) is 11.2. The first-order valence-corrected chi connectivity index (χ1v) is 6.74. The number of hydrogen-bond donors (Lipinski definition) is 2. The third kappa shape index (κ3) is 3.84. The number of rotatable bonds is 5. The molecule has 0 radical (unpaired) electrons. The lowest BCUT2D eigenvalue weighted by atomic mass is 10.2. The van der Waals surface area contributed by atoms with Crippen LogP contribution in [0.3, 0.4) is 0 Å². The van der Waals surface area contributed by atoms with Gasteiger partial charge >= 0.3 is 6.03 Å². The van der Waals surface area contributed by atoms with E-state index in [1.165, 1.54) is 12.1 Å². The van der Waals surface area contributed by atoms with Gasteiger partial charge in [0.05, 0.1) is 19.2 Å². The summed E-state index contributed by atoms with van der Waals surface area (Å²) in [5.41, 5.74) is 0. The fourth-order valence-electron chi connectivity index (χ4n) is 2.28. The largest absolute Gasteiger partial charge is 0.492 e. The van der Waals surface area contributed by atoms with Crippen molar-refractivity contribution in [3.05, 3.63) is 30.1 Å². The number of likely N-dealkylation sites (tertiary alicyclic amines) is 1. The van der Waals surface area contributed by atoms with Crippen LogP contribution in [0.4, 0.5) is 9.18 Å². The van der Waals surface area contributed by atoms with Gasteiger partial charge in [-0.15, -0.1) is 0 Å². The zero-order chi connectivity index (χ0) is 14.4. The number of urea groups is 1. The number of halogens is 1. The van der Waals surface area contributed by atoms with E-state index < -0.39 is 0 Å². The highest BCUT2D eigenvalue weighted by Gasteiger charge is 2.27. The van der Waals surface area contributed by atoms with Crippen LogP contribution in [0.15, 0.2) is 24.3 Å². The number of amides is 2. The number of nitrogens with one attached hydrogen (secondary N) is 1. The van der Waals surface area contributed by atoms with Gasteiger partial charge in [0.25, 0.3) is 0 Å². The molecule has 1 saturated heterocycles. The first kappa shape index (κ1) is 14.6. The van der Waals surface area contributed by atoms with Gasteiger partial charge in [-0.3, -0.25) is 0 Å². The summed E-state index contributed by atoms with van der Waals surface area (Å²) in [4.78, 5) is 13.5. The molecule has 2 amide bonds. The van der Waals surface area contributed by atoms with Gasteiger partial charge in [0.2, 0.25) is 0 Å². The number of hydrogen-bond acceptors (Lipinski definition) is 3. The van der Waals surface area contributed by atoms with Gasteiger partial charge in [-0.05, 0) is 25.0 Å². The Labute approximate surface area is 117 Å². The van der Waals surface area contributed by atoms with E-state index in [9.17, 15) is 9.18 Å². The Hall–Kier alpha value is -1.82. The predicted octanol–water partition coefficient (Wildman–Crippen LogP) is 1.37. The highest BCUT2D eigenvalue weighted by Crippen LogP contribution is 2.16. The first-order chi connectivity index (χ1) is 9.70. The van der Waals surface area contributed by atoms with Crippen LogP contribution >= 0.6 is 0 Å². The monoisotopic (exact) mass is 282 g/mol. The Kier molecular flexibility index (Phi) is 5.17. The maximum Gasteiger partial charge on any atom is 0.317 e. The summed E-state index contributed by atoms with van der Waals surface area (Å²) in [6.07, 6.45) is 1.75. The number of carbonyl (C=O) groups is 1. The Morgan fingerprint density at radius 1 is 1.55 bits per heavy atom. The number of aliphatic hydroxyl groups is 1. The van der Waals surface area contributed by atoms with Crippen LogP contribution < -0.4 is 10.1 Å². The van der Waals surface area contributed by atoms with E-state index in [1.807, 2.05) is 0 Å². The van der Waals surface area contributed by atoms with Crippen LogP contribution in [0.25, 0.3) is 0 Å². The minimum Gasteiger partial charge on any atom is -0.492 e. The van der Waals surface area contributed by atoms with E-state index in [1.54, 1.807) is 17.0 Å². The van der Waals surface area contributed by atoms with Crippen LogP contribution in [0.1, 0.15) is 12.8 Å². The number of nitrogens with zero attached hydrogens (tertiary/aromatic N) is 1. The van der Waals surface area contributed by atoms with Gasteiger partial charge in [0.1, 0.15) is 18.2 Å². The smallest absolute Gasteiger partial charge is 0.317 e. The quantitative estimate of drug-likeness (QED) is 0.802. The molecule has 1 fully saturated rings. The van der Waals surface area contributed by atoms with Crippen LogP contribution in [-0.4, -0.2) is 48.4 Å². The Bertz CT molecular complexity index is 456. The number of ether oxygens (including phenoxy) is 1. The maximum absolute atomic E-state index is 12.9. The van der Waals surface area contributed by atoms with Crippen molar-refractivity contribution in [2.24, 2.45) is 0 Å². The molecular weight excluding hydrogens is 263 g/mol. The minimum absolute atomic E-state index is 0.00673. The zero-order valence-corrected chi connectivity index (χ0v) is 11.2. The third-order valence-electron chi connectivity index (χ3n) is 3.29. The highest BCUT2D eigenvalue weighted by molar-refractivity contribution is 5.74. The molecule has 2 N–H and O–H groups in total. The van der Waals surface area contributed by atoms with Gasteiger partial charge in [-0.1, -0.05) is 6.07 Å². The number of benzene rings is 1. The van der Waals surface area contributed by atoms with Crippen molar-refractivity contribution in [2.45, 2.75) is 18.9 Å². The molecule has 0 saturated carbocycles. The van der Waals surface area contributed by atoms with E-state index in [2.05, 4.69) is 5.32 Å².